The normalized spacial score (nSPS) is 14.2. The second-order valence-corrected chi connectivity index (χ2v) is 7.90. The van der Waals surface area contributed by atoms with Crippen molar-refractivity contribution in [3.63, 3.8) is 0 Å². The maximum atomic E-state index is 12.4. The lowest BCUT2D eigenvalue weighted by atomic mass is 9.91. The number of rotatable bonds is 12. The Balaban J connectivity index is 2.01. The topological polar surface area (TPSA) is 171 Å². The number of carbonyl (C=O) groups is 3. The number of allylic oxidation sites excluding steroid dienone is 7. The molecule has 0 saturated heterocycles. The SMILES string of the molecule is COC1=C(OC(=O)C(CO)(CO)CO)C=CC(/C=C/C(=O)CC(=O)/C=C/c2ccc(O)c(O)c2)=CC1. The molecule has 1 aromatic rings. The van der Waals surface area contributed by atoms with Crippen molar-refractivity contribution in [1.82, 2.24) is 0 Å². The van der Waals surface area contributed by atoms with Crippen molar-refractivity contribution in [1.29, 1.82) is 0 Å². The number of aromatic hydroxyl groups is 2. The maximum absolute atomic E-state index is 12.4. The van der Waals surface area contributed by atoms with Gasteiger partial charge in [-0.3, -0.25) is 14.4 Å². The summed E-state index contributed by atoms with van der Waals surface area (Å²) in [7, 11) is 1.37. The van der Waals surface area contributed by atoms with E-state index in [0.29, 0.717) is 11.1 Å². The average Bonchev–Trinajstić information content (AvgIpc) is 3.06. The molecule has 2 rings (SSSR count). The molecule has 5 N–H and O–H groups in total. The van der Waals surface area contributed by atoms with Crippen molar-refractivity contribution >= 4 is 23.6 Å². The van der Waals surface area contributed by atoms with Crippen molar-refractivity contribution in [2.45, 2.75) is 12.8 Å². The smallest absolute Gasteiger partial charge is 0.324 e. The monoisotopic (exact) mass is 500 g/mol. The van der Waals surface area contributed by atoms with Crippen LogP contribution in [0.3, 0.4) is 0 Å². The van der Waals surface area contributed by atoms with Crippen LogP contribution < -0.4 is 0 Å². The number of hydrogen-bond acceptors (Lipinski definition) is 10. The molecule has 10 nitrogen and oxygen atoms in total. The number of methoxy groups -OCH3 is 1. The van der Waals surface area contributed by atoms with Gasteiger partial charge in [-0.25, -0.2) is 0 Å². The van der Waals surface area contributed by atoms with Gasteiger partial charge in [-0.05, 0) is 41.5 Å². The molecular formula is C26H28O10. The number of phenolic OH excluding ortho intramolecular Hbond substituents is 2. The van der Waals surface area contributed by atoms with Gasteiger partial charge in [0.15, 0.2) is 28.8 Å². The van der Waals surface area contributed by atoms with E-state index in [1.165, 1.54) is 61.8 Å². The van der Waals surface area contributed by atoms with E-state index < -0.39 is 42.8 Å². The van der Waals surface area contributed by atoms with Gasteiger partial charge >= 0.3 is 5.97 Å². The molecule has 0 aliphatic heterocycles. The minimum atomic E-state index is -1.88. The Kier molecular flexibility index (Phi) is 10.4. The molecule has 0 spiro atoms. The number of aliphatic hydroxyl groups excluding tert-OH is 3. The Morgan fingerprint density at radius 2 is 1.58 bits per heavy atom. The van der Waals surface area contributed by atoms with Gasteiger partial charge in [0.2, 0.25) is 0 Å². The maximum Gasteiger partial charge on any atom is 0.324 e. The third-order valence-electron chi connectivity index (χ3n) is 5.29. The summed E-state index contributed by atoms with van der Waals surface area (Å²) in [6.07, 6.45) is 9.75. The third-order valence-corrected chi connectivity index (χ3v) is 5.29. The standard InChI is InChI=1S/C26H28O10/c1-35-23-10-5-17(6-11-24(23)36-25(34)26(14-27,15-28)16-29)2-7-19(30)13-20(31)8-3-18-4-9-21(32)22(33)12-18/h2-9,11-12,27-29,32-33H,10,13-16H2,1H3/b7-2+,8-3+. The molecular weight excluding hydrogens is 472 g/mol. The van der Waals surface area contributed by atoms with E-state index in [-0.39, 0.29) is 35.9 Å². The lowest BCUT2D eigenvalue weighted by Gasteiger charge is -2.25. The zero-order valence-electron chi connectivity index (χ0n) is 19.6. The number of esters is 1. The van der Waals surface area contributed by atoms with Crippen LogP contribution in [0.5, 0.6) is 11.5 Å². The van der Waals surface area contributed by atoms with E-state index in [2.05, 4.69) is 0 Å². The second-order valence-electron chi connectivity index (χ2n) is 7.90. The summed E-state index contributed by atoms with van der Waals surface area (Å²) >= 11 is 0. The van der Waals surface area contributed by atoms with Crippen molar-refractivity contribution in [3.8, 4) is 11.5 Å². The fourth-order valence-corrected chi connectivity index (χ4v) is 2.91. The van der Waals surface area contributed by atoms with Crippen LogP contribution in [-0.4, -0.2) is 70.0 Å². The number of ether oxygens (including phenoxy) is 2. The Labute approximate surface area is 207 Å². The van der Waals surface area contributed by atoms with Crippen LogP contribution in [-0.2, 0) is 23.9 Å². The number of ketones is 2. The molecule has 1 aliphatic carbocycles. The Morgan fingerprint density at radius 3 is 2.17 bits per heavy atom. The highest BCUT2D eigenvalue weighted by Gasteiger charge is 2.39. The fraction of sp³-hybridized carbons (Fsp3) is 0.269. The molecule has 1 aliphatic rings. The van der Waals surface area contributed by atoms with E-state index >= 15 is 0 Å². The summed E-state index contributed by atoms with van der Waals surface area (Å²) in [6, 6.07) is 4.05. The largest absolute Gasteiger partial charge is 0.504 e. The molecule has 0 radical (unpaired) electrons. The van der Waals surface area contributed by atoms with Gasteiger partial charge in [-0.2, -0.15) is 0 Å². The molecule has 0 saturated carbocycles. The molecule has 0 amide bonds. The van der Waals surface area contributed by atoms with E-state index in [0.717, 1.165) is 0 Å². The van der Waals surface area contributed by atoms with Crippen molar-refractivity contribution in [2.75, 3.05) is 26.9 Å². The second kappa shape index (κ2) is 13.2. The predicted molar refractivity (Wildman–Crippen MR) is 128 cm³/mol. The molecule has 0 fully saturated rings. The number of benzene rings is 1. The summed E-state index contributed by atoms with van der Waals surface area (Å²) in [5.74, 6) is -2.29. The Hall–Kier alpha value is -3.99. The summed E-state index contributed by atoms with van der Waals surface area (Å²) < 4.78 is 10.5. The van der Waals surface area contributed by atoms with Crippen molar-refractivity contribution in [3.05, 3.63) is 77.3 Å². The average molecular weight is 501 g/mol. The highest BCUT2D eigenvalue weighted by Crippen LogP contribution is 2.26. The zero-order chi connectivity index (χ0) is 26.7. The van der Waals surface area contributed by atoms with E-state index in [4.69, 9.17) is 9.47 Å². The first-order valence-electron chi connectivity index (χ1n) is 10.8. The minimum absolute atomic E-state index is 0.00813. The fourth-order valence-electron chi connectivity index (χ4n) is 2.91. The van der Waals surface area contributed by atoms with Crippen LogP contribution in [0.25, 0.3) is 6.08 Å². The van der Waals surface area contributed by atoms with Crippen LogP contribution in [0, 0.1) is 5.41 Å². The van der Waals surface area contributed by atoms with Crippen LogP contribution in [0.15, 0.2) is 71.7 Å². The first-order valence-corrected chi connectivity index (χ1v) is 10.8. The summed E-state index contributed by atoms with van der Waals surface area (Å²) in [5.41, 5.74) is -0.843. The van der Waals surface area contributed by atoms with Crippen LogP contribution in [0.2, 0.25) is 0 Å². The number of hydrogen-bond donors (Lipinski definition) is 5. The molecule has 0 atom stereocenters. The van der Waals surface area contributed by atoms with Gasteiger partial charge in [-0.1, -0.05) is 30.4 Å². The molecule has 0 bridgehead atoms. The van der Waals surface area contributed by atoms with Gasteiger partial charge in [0, 0.05) is 6.42 Å². The summed E-state index contributed by atoms with van der Waals surface area (Å²) in [5, 5.41) is 47.0. The third kappa shape index (κ3) is 7.51. The highest BCUT2D eigenvalue weighted by molar-refractivity contribution is 6.09. The molecule has 0 unspecified atom stereocenters. The van der Waals surface area contributed by atoms with Crippen LogP contribution in [0.4, 0.5) is 0 Å². The lowest BCUT2D eigenvalue weighted by molar-refractivity contribution is -0.160. The number of carbonyl (C=O) groups excluding carboxylic acids is 3. The molecule has 0 aromatic heterocycles. The van der Waals surface area contributed by atoms with Crippen LogP contribution in [0.1, 0.15) is 18.4 Å². The molecule has 192 valence electrons. The van der Waals surface area contributed by atoms with Gasteiger partial charge in [0.25, 0.3) is 0 Å². The molecule has 1 aromatic carbocycles. The quantitative estimate of drug-likeness (QED) is 0.122. The summed E-state index contributed by atoms with van der Waals surface area (Å²) in [4.78, 5) is 36.7. The number of phenols is 2. The van der Waals surface area contributed by atoms with Gasteiger partial charge in [-0.15, -0.1) is 0 Å². The molecule has 36 heavy (non-hydrogen) atoms. The number of aliphatic hydroxyl groups is 3. The minimum Gasteiger partial charge on any atom is -0.504 e. The Morgan fingerprint density at radius 1 is 0.944 bits per heavy atom. The molecule has 10 heteroatoms. The van der Waals surface area contributed by atoms with Crippen molar-refractivity contribution < 1.29 is 49.4 Å². The lowest BCUT2D eigenvalue weighted by Crippen LogP contribution is -2.43. The summed E-state index contributed by atoms with van der Waals surface area (Å²) in [6.45, 7) is -2.46. The first kappa shape index (κ1) is 28.2. The van der Waals surface area contributed by atoms with E-state index in [9.17, 15) is 39.9 Å². The highest BCUT2D eigenvalue weighted by atomic mass is 16.6. The van der Waals surface area contributed by atoms with Crippen molar-refractivity contribution in [2.24, 2.45) is 5.41 Å². The van der Waals surface area contributed by atoms with Gasteiger partial charge < -0.3 is 35.0 Å². The molecule has 0 heterocycles. The predicted octanol–water partition coefficient (Wildman–Crippen LogP) is 1.45. The van der Waals surface area contributed by atoms with E-state index in [1.54, 1.807) is 6.08 Å². The van der Waals surface area contributed by atoms with Gasteiger partial charge in [0.1, 0.15) is 11.2 Å². The van der Waals surface area contributed by atoms with Crippen LogP contribution >= 0.6 is 0 Å². The Bertz CT molecular complexity index is 1130. The van der Waals surface area contributed by atoms with E-state index in [1.807, 2.05) is 0 Å². The first-order chi connectivity index (χ1) is 17.2. The zero-order valence-corrected chi connectivity index (χ0v) is 19.6. The van der Waals surface area contributed by atoms with Gasteiger partial charge in [0.05, 0.1) is 33.4 Å².